The summed E-state index contributed by atoms with van der Waals surface area (Å²) in [5.41, 5.74) is 4.06. The first-order valence-electron chi connectivity index (χ1n) is 11.9. The van der Waals surface area contributed by atoms with E-state index in [4.69, 9.17) is 0 Å². The van der Waals surface area contributed by atoms with Crippen molar-refractivity contribution in [2.75, 3.05) is 12.4 Å². The van der Waals surface area contributed by atoms with Crippen molar-refractivity contribution >= 4 is 22.6 Å². The molecule has 6 rings (SSSR count). The summed E-state index contributed by atoms with van der Waals surface area (Å²) in [6.07, 6.45) is 9.68. The van der Waals surface area contributed by atoms with Crippen LogP contribution in [0.3, 0.4) is 0 Å². The number of aromatic nitrogens is 6. The summed E-state index contributed by atoms with van der Waals surface area (Å²) in [6, 6.07) is 4.70. The number of pyridine rings is 1. The second kappa shape index (κ2) is 7.97. The van der Waals surface area contributed by atoms with Crippen LogP contribution in [0.15, 0.2) is 30.7 Å². The van der Waals surface area contributed by atoms with E-state index < -0.39 is 5.92 Å². The number of fused-ring (bicyclic) bond motifs is 2. The Balaban J connectivity index is 1.28. The van der Waals surface area contributed by atoms with E-state index in [0.717, 1.165) is 47.8 Å². The van der Waals surface area contributed by atoms with Gasteiger partial charge in [-0.15, -0.1) is 5.10 Å². The molecule has 0 aliphatic heterocycles. The molecule has 34 heavy (non-hydrogen) atoms. The molecular weight excluding hydrogens is 438 g/mol. The van der Waals surface area contributed by atoms with Gasteiger partial charge in [0.2, 0.25) is 5.95 Å². The number of halogens is 2. The minimum Gasteiger partial charge on any atom is -0.350 e. The molecule has 8 nitrogen and oxygen atoms in total. The smallest absolute Gasteiger partial charge is 0.252 e. The van der Waals surface area contributed by atoms with Crippen molar-refractivity contribution < 1.29 is 8.78 Å². The largest absolute Gasteiger partial charge is 0.350 e. The minimum atomic E-state index is -2.59. The monoisotopic (exact) mass is 466 g/mol. The molecule has 4 aromatic rings. The first-order chi connectivity index (χ1) is 16.4. The summed E-state index contributed by atoms with van der Waals surface area (Å²) in [4.78, 5) is 13.6. The van der Waals surface area contributed by atoms with Crippen molar-refractivity contribution in [1.82, 2.24) is 34.4 Å². The second-order valence-electron chi connectivity index (χ2n) is 9.64. The van der Waals surface area contributed by atoms with Gasteiger partial charge in [-0.1, -0.05) is 0 Å². The topological polar surface area (TPSA) is 85.0 Å². The van der Waals surface area contributed by atoms with Crippen LogP contribution in [0.25, 0.3) is 27.8 Å². The highest BCUT2D eigenvalue weighted by Gasteiger charge is 2.47. The van der Waals surface area contributed by atoms with Crippen molar-refractivity contribution in [3.05, 3.63) is 36.5 Å². The fourth-order valence-electron chi connectivity index (χ4n) is 5.43. The van der Waals surface area contributed by atoms with E-state index in [1.807, 2.05) is 47.6 Å². The summed E-state index contributed by atoms with van der Waals surface area (Å²) in [5.74, 6) is -1.26. The average molecular weight is 467 g/mol. The molecule has 2 N–H and O–H groups in total. The maximum Gasteiger partial charge on any atom is 0.252 e. The predicted molar refractivity (Wildman–Crippen MR) is 126 cm³/mol. The number of hydrogen-bond acceptors (Lipinski definition) is 6. The number of rotatable bonds is 5. The SMILES string of the molecule is CNC1CCC(Nc2ncc3c(-c4cnc5nc(C)n(C6CC(F)(F)C6)c5c4)ccn3n2)CC1. The van der Waals surface area contributed by atoms with E-state index in [1.54, 1.807) is 6.20 Å². The lowest BCUT2D eigenvalue weighted by molar-refractivity contribution is -0.103. The third-order valence-electron chi connectivity index (χ3n) is 7.35. The summed E-state index contributed by atoms with van der Waals surface area (Å²) in [7, 11) is 2.02. The Morgan fingerprint density at radius 3 is 2.53 bits per heavy atom. The molecule has 2 saturated carbocycles. The van der Waals surface area contributed by atoms with Crippen molar-refractivity contribution in [1.29, 1.82) is 0 Å². The molecule has 4 aromatic heterocycles. The Morgan fingerprint density at radius 2 is 1.79 bits per heavy atom. The van der Waals surface area contributed by atoms with Crippen LogP contribution in [0.5, 0.6) is 0 Å². The summed E-state index contributed by atoms with van der Waals surface area (Å²) < 4.78 is 30.8. The van der Waals surface area contributed by atoms with Gasteiger partial charge in [-0.25, -0.2) is 28.2 Å². The van der Waals surface area contributed by atoms with Gasteiger partial charge in [-0.05, 0) is 51.8 Å². The normalized spacial score (nSPS) is 22.8. The molecule has 0 aromatic carbocycles. The van der Waals surface area contributed by atoms with Crippen molar-refractivity contribution in [3.63, 3.8) is 0 Å². The third-order valence-corrected chi connectivity index (χ3v) is 7.35. The lowest BCUT2D eigenvalue weighted by atomic mass is 9.87. The van der Waals surface area contributed by atoms with E-state index in [2.05, 4.69) is 30.7 Å². The molecule has 10 heteroatoms. The number of hydrogen-bond donors (Lipinski definition) is 2. The van der Waals surface area contributed by atoms with Gasteiger partial charge in [0, 0.05) is 54.5 Å². The van der Waals surface area contributed by atoms with Crippen LogP contribution in [-0.2, 0) is 0 Å². The molecule has 0 amide bonds. The zero-order valence-electron chi connectivity index (χ0n) is 19.3. The van der Waals surface area contributed by atoms with Crippen LogP contribution in [0, 0.1) is 6.92 Å². The van der Waals surface area contributed by atoms with Gasteiger partial charge in [0.15, 0.2) is 5.65 Å². The zero-order chi connectivity index (χ0) is 23.4. The molecule has 178 valence electrons. The second-order valence-corrected chi connectivity index (χ2v) is 9.64. The van der Waals surface area contributed by atoms with Gasteiger partial charge in [-0.2, -0.15) is 0 Å². The Kier molecular flexibility index (Phi) is 5.02. The summed E-state index contributed by atoms with van der Waals surface area (Å²) in [5, 5.41) is 11.5. The average Bonchev–Trinajstić information content (AvgIpc) is 3.37. The number of imidazole rings is 1. The molecule has 0 saturated heterocycles. The summed E-state index contributed by atoms with van der Waals surface area (Å²) in [6.45, 7) is 1.85. The predicted octanol–water partition coefficient (Wildman–Crippen LogP) is 4.36. The van der Waals surface area contributed by atoms with E-state index >= 15 is 0 Å². The number of nitrogens with one attached hydrogen (secondary N) is 2. The molecule has 0 atom stereocenters. The molecule has 2 aliphatic carbocycles. The van der Waals surface area contributed by atoms with Crippen LogP contribution in [-0.4, -0.2) is 54.2 Å². The van der Waals surface area contributed by atoms with Crippen LogP contribution < -0.4 is 10.6 Å². The minimum absolute atomic E-state index is 0.154. The highest BCUT2D eigenvalue weighted by molar-refractivity contribution is 5.85. The van der Waals surface area contributed by atoms with Crippen LogP contribution in [0.1, 0.15) is 50.4 Å². The third kappa shape index (κ3) is 3.70. The van der Waals surface area contributed by atoms with Crippen LogP contribution in [0.2, 0.25) is 0 Å². The molecule has 2 fully saturated rings. The Hall–Kier alpha value is -3.14. The number of nitrogens with zero attached hydrogens (tertiary/aromatic N) is 6. The molecule has 4 heterocycles. The number of anilines is 1. The standard InChI is InChI=1S/C24H28F2N8/c1-14-30-22-20(34(14)18-10-24(25,26)11-18)9-15(12-28-22)19-7-8-33-21(19)13-29-23(32-33)31-17-5-3-16(27-2)4-6-17/h7-9,12-13,16-18,27H,3-6,10-11H2,1-2H3,(H,31,32). The first-order valence-corrected chi connectivity index (χ1v) is 11.9. The Morgan fingerprint density at radius 1 is 1.03 bits per heavy atom. The molecule has 2 aliphatic rings. The number of alkyl halides is 2. The van der Waals surface area contributed by atoms with E-state index in [1.165, 1.54) is 0 Å². The fraction of sp³-hybridized carbons (Fsp3) is 0.500. The lowest BCUT2D eigenvalue weighted by Gasteiger charge is -2.36. The Labute approximate surface area is 195 Å². The first kappa shape index (κ1) is 21.4. The quantitative estimate of drug-likeness (QED) is 0.455. The van der Waals surface area contributed by atoms with E-state index in [-0.39, 0.29) is 18.9 Å². The van der Waals surface area contributed by atoms with Crippen molar-refractivity contribution in [2.45, 2.75) is 69.5 Å². The van der Waals surface area contributed by atoms with Crippen molar-refractivity contribution in [3.8, 4) is 11.1 Å². The number of aryl methyl sites for hydroxylation is 1. The molecule has 0 unspecified atom stereocenters. The van der Waals surface area contributed by atoms with E-state index in [0.29, 0.717) is 29.5 Å². The maximum atomic E-state index is 13.5. The van der Waals surface area contributed by atoms with Gasteiger partial charge in [0.05, 0.1) is 17.2 Å². The molecule has 0 radical (unpaired) electrons. The van der Waals surface area contributed by atoms with Crippen LogP contribution >= 0.6 is 0 Å². The molecule has 0 bridgehead atoms. The maximum absolute atomic E-state index is 13.5. The van der Waals surface area contributed by atoms with Crippen molar-refractivity contribution in [2.24, 2.45) is 0 Å². The van der Waals surface area contributed by atoms with Gasteiger partial charge < -0.3 is 15.2 Å². The van der Waals surface area contributed by atoms with Gasteiger partial charge in [-0.3, -0.25) is 0 Å². The van der Waals surface area contributed by atoms with E-state index in [9.17, 15) is 8.78 Å². The Bertz CT molecular complexity index is 1340. The van der Waals surface area contributed by atoms with Gasteiger partial charge in [0.1, 0.15) is 5.82 Å². The lowest BCUT2D eigenvalue weighted by Crippen LogP contribution is -2.37. The van der Waals surface area contributed by atoms with Crippen LogP contribution in [0.4, 0.5) is 14.7 Å². The zero-order valence-corrected chi connectivity index (χ0v) is 19.3. The highest BCUT2D eigenvalue weighted by atomic mass is 19.3. The molecular formula is C24H28F2N8. The van der Waals surface area contributed by atoms with Gasteiger partial charge in [0.25, 0.3) is 5.92 Å². The fourth-order valence-corrected chi connectivity index (χ4v) is 5.43. The van der Waals surface area contributed by atoms with Gasteiger partial charge >= 0.3 is 0 Å². The highest BCUT2D eigenvalue weighted by Crippen LogP contribution is 2.47. The summed E-state index contributed by atoms with van der Waals surface area (Å²) >= 11 is 0. The molecule has 0 spiro atoms.